The first-order valence-electron chi connectivity index (χ1n) is 5.35. The van der Waals surface area contributed by atoms with Crippen LogP contribution in [0, 0.1) is 25.5 Å². The Morgan fingerprint density at radius 2 is 1.18 bits per heavy atom. The van der Waals surface area contributed by atoms with Crippen molar-refractivity contribution in [2.45, 2.75) is 13.8 Å². The van der Waals surface area contributed by atoms with Crippen LogP contribution in [0.3, 0.4) is 0 Å². The average Bonchev–Trinajstić information content (AvgIpc) is 2.58. The highest BCUT2D eigenvalue weighted by Crippen LogP contribution is 2.33. The molecule has 1 nitrogen and oxygen atoms in total. The lowest BCUT2D eigenvalue weighted by molar-refractivity contribution is 0.557. The number of aryl methyl sites for hydroxylation is 2. The van der Waals surface area contributed by atoms with Crippen molar-refractivity contribution in [3.8, 4) is 0 Å². The van der Waals surface area contributed by atoms with Crippen LogP contribution in [-0.2, 0) is 0 Å². The molecule has 3 rings (SSSR count). The fraction of sp³-hybridized carbons (Fsp3) is 0.143. The summed E-state index contributed by atoms with van der Waals surface area (Å²) < 4.78 is 32.7. The van der Waals surface area contributed by atoms with Gasteiger partial charge >= 0.3 is 0 Å². The number of benzene rings is 2. The molecule has 0 radical (unpaired) electrons. The maximum absolute atomic E-state index is 13.7. The van der Waals surface area contributed by atoms with Gasteiger partial charge in [-0.2, -0.15) is 0 Å². The molecule has 0 spiro atoms. The van der Waals surface area contributed by atoms with E-state index in [-0.39, 0.29) is 11.2 Å². The lowest BCUT2D eigenvalue weighted by Crippen LogP contribution is -1.79. The molecule has 0 bridgehead atoms. The second-order valence-corrected chi connectivity index (χ2v) is 4.35. The summed E-state index contributed by atoms with van der Waals surface area (Å²) in [5.41, 5.74) is 1.82. The van der Waals surface area contributed by atoms with Crippen LogP contribution in [0.4, 0.5) is 8.78 Å². The number of halogens is 2. The Morgan fingerprint density at radius 3 is 1.59 bits per heavy atom. The molecule has 0 aliphatic rings. The summed E-state index contributed by atoms with van der Waals surface area (Å²) in [4.78, 5) is 0. The van der Waals surface area contributed by atoms with Gasteiger partial charge in [0.1, 0.15) is 0 Å². The van der Waals surface area contributed by atoms with E-state index in [0.717, 1.165) is 11.1 Å². The average molecular weight is 232 g/mol. The van der Waals surface area contributed by atoms with E-state index in [1.165, 1.54) is 12.1 Å². The summed E-state index contributed by atoms with van der Waals surface area (Å²) in [6, 6.07) is 6.39. The fourth-order valence-electron chi connectivity index (χ4n) is 2.17. The Labute approximate surface area is 96.7 Å². The van der Waals surface area contributed by atoms with Gasteiger partial charge in [0.25, 0.3) is 0 Å². The Morgan fingerprint density at radius 1 is 0.765 bits per heavy atom. The van der Waals surface area contributed by atoms with Gasteiger partial charge in [-0.1, -0.05) is 0 Å². The molecule has 1 aromatic heterocycles. The van der Waals surface area contributed by atoms with Gasteiger partial charge in [0.2, 0.25) is 0 Å². The van der Waals surface area contributed by atoms with Gasteiger partial charge in [-0.3, -0.25) is 0 Å². The molecule has 86 valence electrons. The summed E-state index contributed by atoms with van der Waals surface area (Å²) in [5, 5.41) is 1.25. The van der Waals surface area contributed by atoms with Crippen LogP contribution in [0.2, 0.25) is 0 Å². The highest BCUT2D eigenvalue weighted by molar-refractivity contribution is 6.05. The zero-order chi connectivity index (χ0) is 12.2. The summed E-state index contributed by atoms with van der Waals surface area (Å²) in [6.45, 7) is 3.60. The highest BCUT2D eigenvalue weighted by atomic mass is 19.1. The van der Waals surface area contributed by atoms with E-state index in [0.29, 0.717) is 10.8 Å². The number of hydrogen-bond donors (Lipinski definition) is 0. The van der Waals surface area contributed by atoms with Crippen LogP contribution >= 0.6 is 0 Å². The second-order valence-electron chi connectivity index (χ2n) is 4.35. The largest absolute Gasteiger partial charge is 0.450 e. The number of hydrogen-bond acceptors (Lipinski definition) is 1. The van der Waals surface area contributed by atoms with Crippen LogP contribution < -0.4 is 0 Å². The Balaban J connectivity index is 2.60. The van der Waals surface area contributed by atoms with Crippen LogP contribution in [0.5, 0.6) is 0 Å². The quantitative estimate of drug-likeness (QED) is 0.557. The molecule has 0 saturated carbocycles. The van der Waals surface area contributed by atoms with Gasteiger partial charge in [-0.15, -0.1) is 0 Å². The first kappa shape index (κ1) is 10.3. The topological polar surface area (TPSA) is 13.1 Å². The van der Waals surface area contributed by atoms with Gasteiger partial charge in [-0.25, -0.2) is 8.78 Å². The number of furan rings is 1. The molecular weight excluding hydrogens is 222 g/mol. The standard InChI is InChI=1S/C14H10F2O/c1-7-3-9-10-4-8(2)6-12(16)14(10)17-13(9)11(15)5-7/h3-6H,1-2H3. The van der Waals surface area contributed by atoms with Crippen molar-refractivity contribution < 1.29 is 13.2 Å². The molecule has 0 N–H and O–H groups in total. The number of fused-ring (bicyclic) bond motifs is 3. The van der Waals surface area contributed by atoms with Crippen molar-refractivity contribution in [2.24, 2.45) is 0 Å². The molecule has 0 amide bonds. The molecular formula is C14H10F2O. The molecule has 2 aromatic carbocycles. The monoisotopic (exact) mass is 232 g/mol. The Hall–Kier alpha value is -1.90. The summed E-state index contributed by atoms with van der Waals surface area (Å²) in [6.07, 6.45) is 0. The smallest absolute Gasteiger partial charge is 0.171 e. The normalized spacial score (nSPS) is 11.5. The summed E-state index contributed by atoms with van der Waals surface area (Å²) >= 11 is 0. The number of rotatable bonds is 0. The zero-order valence-electron chi connectivity index (χ0n) is 9.47. The lowest BCUT2D eigenvalue weighted by atomic mass is 10.1. The van der Waals surface area contributed by atoms with Gasteiger partial charge < -0.3 is 4.42 Å². The van der Waals surface area contributed by atoms with Crippen LogP contribution in [0.25, 0.3) is 21.9 Å². The molecule has 17 heavy (non-hydrogen) atoms. The van der Waals surface area contributed by atoms with E-state index in [1.54, 1.807) is 13.8 Å². The Bertz CT molecular complexity index is 679. The summed E-state index contributed by atoms with van der Waals surface area (Å²) in [5.74, 6) is -0.901. The predicted molar refractivity (Wildman–Crippen MR) is 63.1 cm³/mol. The maximum atomic E-state index is 13.7. The van der Waals surface area contributed by atoms with E-state index in [9.17, 15) is 8.78 Å². The highest BCUT2D eigenvalue weighted by Gasteiger charge is 2.15. The lowest BCUT2D eigenvalue weighted by Gasteiger charge is -1.95. The minimum absolute atomic E-state index is 0.120. The van der Waals surface area contributed by atoms with Gasteiger partial charge in [0, 0.05) is 10.8 Å². The van der Waals surface area contributed by atoms with E-state index >= 15 is 0 Å². The van der Waals surface area contributed by atoms with E-state index < -0.39 is 11.6 Å². The van der Waals surface area contributed by atoms with Crippen molar-refractivity contribution in [3.05, 3.63) is 47.0 Å². The van der Waals surface area contributed by atoms with Crippen molar-refractivity contribution in [2.75, 3.05) is 0 Å². The molecule has 0 fully saturated rings. The molecule has 3 aromatic rings. The van der Waals surface area contributed by atoms with Crippen molar-refractivity contribution in [1.29, 1.82) is 0 Å². The molecule has 0 saturated heterocycles. The van der Waals surface area contributed by atoms with E-state index in [4.69, 9.17) is 4.42 Å². The molecule has 0 aliphatic carbocycles. The first-order valence-corrected chi connectivity index (χ1v) is 5.35. The van der Waals surface area contributed by atoms with Crippen molar-refractivity contribution in [3.63, 3.8) is 0 Å². The minimum atomic E-state index is -0.451. The van der Waals surface area contributed by atoms with E-state index in [2.05, 4.69) is 0 Å². The molecule has 0 atom stereocenters. The third-order valence-corrected chi connectivity index (χ3v) is 2.87. The van der Waals surface area contributed by atoms with Crippen LogP contribution in [0.1, 0.15) is 11.1 Å². The van der Waals surface area contributed by atoms with Crippen LogP contribution in [-0.4, -0.2) is 0 Å². The predicted octanol–water partition coefficient (Wildman–Crippen LogP) is 4.48. The van der Waals surface area contributed by atoms with Crippen molar-refractivity contribution in [1.82, 2.24) is 0 Å². The van der Waals surface area contributed by atoms with Gasteiger partial charge in [0.05, 0.1) is 0 Å². The minimum Gasteiger partial charge on any atom is -0.450 e. The van der Waals surface area contributed by atoms with Crippen molar-refractivity contribution >= 4 is 21.9 Å². The second kappa shape index (κ2) is 3.29. The Kier molecular flexibility index (Phi) is 1.99. The molecule has 0 unspecified atom stereocenters. The summed E-state index contributed by atoms with van der Waals surface area (Å²) in [7, 11) is 0. The molecule has 1 heterocycles. The third kappa shape index (κ3) is 1.42. The fourth-order valence-corrected chi connectivity index (χ4v) is 2.17. The third-order valence-electron chi connectivity index (χ3n) is 2.87. The van der Waals surface area contributed by atoms with E-state index in [1.807, 2.05) is 12.1 Å². The van der Waals surface area contributed by atoms with Gasteiger partial charge in [-0.05, 0) is 49.2 Å². The SMILES string of the molecule is Cc1cc(F)c2oc3c(F)cc(C)cc3c2c1. The maximum Gasteiger partial charge on any atom is 0.171 e. The molecule has 0 aliphatic heterocycles. The zero-order valence-corrected chi connectivity index (χ0v) is 9.47. The first-order chi connectivity index (χ1) is 8.06. The molecule has 3 heteroatoms. The van der Waals surface area contributed by atoms with Gasteiger partial charge in [0.15, 0.2) is 22.8 Å². The van der Waals surface area contributed by atoms with Crippen LogP contribution in [0.15, 0.2) is 28.7 Å².